The van der Waals surface area contributed by atoms with Gasteiger partial charge in [-0.15, -0.1) is 5.06 Å². The van der Waals surface area contributed by atoms with E-state index >= 15 is 0 Å². The van der Waals surface area contributed by atoms with Gasteiger partial charge in [-0.25, -0.2) is 4.99 Å². The number of hydrogen-bond donors (Lipinski definition) is 1. The fourth-order valence-corrected chi connectivity index (χ4v) is 3.24. The Labute approximate surface area is 143 Å². The Bertz CT molecular complexity index is 585. The van der Waals surface area contributed by atoms with Crippen molar-refractivity contribution in [2.24, 2.45) is 4.99 Å². The number of piperidine rings is 1. The molecule has 0 bridgehead atoms. The maximum Gasteiger partial charge on any atom is 0.228 e. The molecule has 0 saturated carbocycles. The average Bonchev–Trinajstić information content (AvgIpc) is 3.06. The zero-order valence-electron chi connectivity index (χ0n) is 14.7. The molecular formula is C18H27N3O3. The summed E-state index contributed by atoms with van der Waals surface area (Å²) in [5, 5.41) is 5.47. The van der Waals surface area contributed by atoms with E-state index in [0.29, 0.717) is 5.75 Å². The molecular weight excluding hydrogens is 306 g/mol. The Balaban J connectivity index is 1.86. The minimum Gasteiger partial charge on any atom is -0.493 e. The molecule has 1 N–H and O–H groups in total. The van der Waals surface area contributed by atoms with Crippen molar-refractivity contribution >= 4 is 5.90 Å². The quantitative estimate of drug-likeness (QED) is 0.867. The molecule has 0 amide bonds. The summed E-state index contributed by atoms with van der Waals surface area (Å²) in [6.07, 6.45) is 4.39. The van der Waals surface area contributed by atoms with Crippen LogP contribution in [0.5, 0.6) is 11.5 Å². The molecule has 6 heteroatoms. The highest BCUT2D eigenvalue weighted by molar-refractivity contribution is 5.83. The molecule has 0 aromatic heterocycles. The third kappa shape index (κ3) is 3.49. The van der Waals surface area contributed by atoms with E-state index in [9.17, 15) is 0 Å². The summed E-state index contributed by atoms with van der Waals surface area (Å²) in [5.74, 6) is 2.24. The highest BCUT2D eigenvalue weighted by atomic mass is 16.7. The summed E-state index contributed by atoms with van der Waals surface area (Å²) in [6.45, 7) is 4.01. The van der Waals surface area contributed by atoms with Crippen LogP contribution in [0.15, 0.2) is 23.2 Å². The first kappa shape index (κ1) is 17.0. The molecule has 2 heterocycles. The van der Waals surface area contributed by atoms with Crippen molar-refractivity contribution in [1.29, 1.82) is 0 Å². The second-order valence-corrected chi connectivity index (χ2v) is 6.19. The van der Waals surface area contributed by atoms with Crippen molar-refractivity contribution < 1.29 is 14.3 Å². The first-order chi connectivity index (χ1) is 11.8. The fourth-order valence-electron chi connectivity index (χ4n) is 3.24. The van der Waals surface area contributed by atoms with Gasteiger partial charge in [-0.05, 0) is 43.5 Å². The molecule has 1 aromatic rings. The van der Waals surface area contributed by atoms with Crippen LogP contribution < -0.4 is 14.8 Å². The van der Waals surface area contributed by atoms with E-state index in [1.807, 2.05) is 23.3 Å². The fraction of sp³-hybridized carbons (Fsp3) is 0.611. The van der Waals surface area contributed by atoms with Crippen LogP contribution in [0.4, 0.5) is 0 Å². The number of hydrogen-bond acceptors (Lipinski definition) is 6. The van der Waals surface area contributed by atoms with E-state index in [-0.39, 0.29) is 12.2 Å². The van der Waals surface area contributed by atoms with Gasteiger partial charge in [0.25, 0.3) is 0 Å². The lowest BCUT2D eigenvalue weighted by molar-refractivity contribution is -0.0876. The number of methoxy groups -OCH3 is 2. The Morgan fingerprint density at radius 3 is 2.75 bits per heavy atom. The van der Waals surface area contributed by atoms with E-state index in [2.05, 4.69) is 12.2 Å². The standard InChI is InChI=1S/C18H27N3O3/c1-4-11-21-17(13-8-9-15(22-2)16(12-13)23-3)20-18(24-21)14-7-5-6-10-19-14/h8-9,12,14,17,19H,4-7,10-11H2,1-3H3/t14?,17-/m0/s1. The van der Waals surface area contributed by atoms with Crippen LogP contribution in [0.2, 0.25) is 0 Å². The first-order valence-corrected chi connectivity index (χ1v) is 8.74. The summed E-state index contributed by atoms with van der Waals surface area (Å²) < 4.78 is 10.8. The smallest absolute Gasteiger partial charge is 0.228 e. The molecule has 0 radical (unpaired) electrons. The molecule has 3 rings (SSSR count). The lowest BCUT2D eigenvalue weighted by Gasteiger charge is -2.24. The lowest BCUT2D eigenvalue weighted by Crippen LogP contribution is -2.41. The van der Waals surface area contributed by atoms with E-state index < -0.39 is 0 Å². The third-order valence-electron chi connectivity index (χ3n) is 4.49. The van der Waals surface area contributed by atoms with Crippen molar-refractivity contribution in [1.82, 2.24) is 10.4 Å². The van der Waals surface area contributed by atoms with Crippen molar-refractivity contribution in [3.05, 3.63) is 23.8 Å². The molecule has 6 nitrogen and oxygen atoms in total. The van der Waals surface area contributed by atoms with Crippen molar-refractivity contribution in [3.63, 3.8) is 0 Å². The highest BCUT2D eigenvalue weighted by Crippen LogP contribution is 2.35. The zero-order chi connectivity index (χ0) is 16.9. The molecule has 2 atom stereocenters. The van der Waals surface area contributed by atoms with E-state index in [0.717, 1.165) is 43.1 Å². The summed E-state index contributed by atoms with van der Waals surface area (Å²) in [4.78, 5) is 11.0. The minimum absolute atomic E-state index is 0.136. The molecule has 1 aromatic carbocycles. The topological polar surface area (TPSA) is 55.3 Å². The largest absolute Gasteiger partial charge is 0.493 e. The molecule has 2 aliphatic rings. The number of rotatable bonds is 6. The highest BCUT2D eigenvalue weighted by Gasteiger charge is 2.34. The van der Waals surface area contributed by atoms with E-state index in [1.54, 1.807) is 14.2 Å². The van der Waals surface area contributed by atoms with Crippen LogP contribution in [0.3, 0.4) is 0 Å². The second kappa shape index (κ2) is 7.85. The third-order valence-corrected chi connectivity index (χ3v) is 4.49. The molecule has 132 valence electrons. The van der Waals surface area contributed by atoms with Crippen molar-refractivity contribution in [3.8, 4) is 11.5 Å². The Morgan fingerprint density at radius 2 is 2.08 bits per heavy atom. The maximum absolute atomic E-state index is 6.09. The van der Waals surface area contributed by atoms with Crippen LogP contribution in [-0.2, 0) is 4.84 Å². The first-order valence-electron chi connectivity index (χ1n) is 8.74. The Kier molecular flexibility index (Phi) is 5.58. The number of hydroxylamine groups is 2. The van der Waals surface area contributed by atoms with Crippen LogP contribution in [0.25, 0.3) is 0 Å². The molecule has 1 saturated heterocycles. The predicted octanol–water partition coefficient (Wildman–Crippen LogP) is 2.90. The van der Waals surface area contributed by atoms with Gasteiger partial charge in [-0.1, -0.05) is 19.4 Å². The molecule has 2 aliphatic heterocycles. The molecule has 24 heavy (non-hydrogen) atoms. The molecule has 1 unspecified atom stereocenters. The summed E-state index contributed by atoms with van der Waals surface area (Å²) in [5.41, 5.74) is 1.05. The summed E-state index contributed by atoms with van der Waals surface area (Å²) in [7, 11) is 3.29. The van der Waals surface area contributed by atoms with Crippen molar-refractivity contribution in [2.75, 3.05) is 27.3 Å². The van der Waals surface area contributed by atoms with Crippen molar-refractivity contribution in [2.45, 2.75) is 44.8 Å². The van der Waals surface area contributed by atoms with Crippen LogP contribution in [-0.4, -0.2) is 44.3 Å². The second-order valence-electron chi connectivity index (χ2n) is 6.19. The van der Waals surface area contributed by atoms with Gasteiger partial charge in [-0.2, -0.15) is 0 Å². The normalized spacial score (nSPS) is 24.4. The monoisotopic (exact) mass is 333 g/mol. The molecule has 0 aliphatic carbocycles. The Hall–Kier alpha value is -1.79. The number of nitrogens with one attached hydrogen (secondary N) is 1. The molecule has 0 spiro atoms. The van der Waals surface area contributed by atoms with Gasteiger partial charge in [0.1, 0.15) is 0 Å². The van der Waals surface area contributed by atoms with Crippen LogP contribution in [0, 0.1) is 0 Å². The van der Waals surface area contributed by atoms with Crippen LogP contribution >= 0.6 is 0 Å². The van der Waals surface area contributed by atoms with E-state index in [4.69, 9.17) is 19.3 Å². The number of ether oxygens (including phenoxy) is 2. The summed E-state index contributed by atoms with van der Waals surface area (Å²) in [6, 6.07) is 6.16. The van der Waals surface area contributed by atoms with Gasteiger partial charge in [0.2, 0.25) is 5.90 Å². The van der Waals surface area contributed by atoms with Gasteiger partial charge in [0.15, 0.2) is 17.7 Å². The maximum atomic E-state index is 6.09. The van der Waals surface area contributed by atoms with Crippen LogP contribution in [0.1, 0.15) is 44.3 Å². The lowest BCUT2D eigenvalue weighted by atomic mass is 10.1. The van der Waals surface area contributed by atoms with Gasteiger partial charge in [0.05, 0.1) is 20.3 Å². The molecule has 1 fully saturated rings. The van der Waals surface area contributed by atoms with Gasteiger partial charge < -0.3 is 19.6 Å². The summed E-state index contributed by atoms with van der Waals surface area (Å²) >= 11 is 0. The minimum atomic E-state index is -0.136. The zero-order valence-corrected chi connectivity index (χ0v) is 14.7. The number of nitrogens with zero attached hydrogens (tertiary/aromatic N) is 2. The number of benzene rings is 1. The van der Waals surface area contributed by atoms with Gasteiger partial charge in [0, 0.05) is 6.54 Å². The van der Waals surface area contributed by atoms with E-state index in [1.165, 1.54) is 12.8 Å². The Morgan fingerprint density at radius 1 is 1.25 bits per heavy atom. The predicted molar refractivity (Wildman–Crippen MR) is 93.4 cm³/mol. The number of aliphatic imine (C=N–C) groups is 1. The van der Waals surface area contributed by atoms with Gasteiger partial charge in [-0.3, -0.25) is 0 Å². The SMILES string of the molecule is CCCN1OC(C2CCCCN2)=N[C@@H]1c1ccc(OC)c(OC)c1. The average molecular weight is 333 g/mol. The van der Waals surface area contributed by atoms with Gasteiger partial charge >= 0.3 is 0 Å².